The Morgan fingerprint density at radius 1 is 1.25 bits per heavy atom. The van der Waals surface area contributed by atoms with E-state index in [1.165, 1.54) is 18.2 Å². The number of nitrogens with two attached hydrogens (primary N) is 1. The molecule has 0 fully saturated rings. The van der Waals surface area contributed by atoms with Gasteiger partial charge in [-0.3, -0.25) is 4.79 Å². The molecule has 1 aliphatic rings. The monoisotopic (exact) mass is 291 g/mol. The summed E-state index contributed by atoms with van der Waals surface area (Å²) in [4.78, 5) is 11.3. The van der Waals surface area contributed by atoms with Crippen molar-refractivity contribution in [3.63, 3.8) is 0 Å². The fourth-order valence-corrected chi connectivity index (χ4v) is 2.30. The number of fused-ring (bicyclic) bond motifs is 1. The van der Waals surface area contributed by atoms with E-state index in [9.17, 15) is 9.18 Å². The van der Waals surface area contributed by atoms with Crippen molar-refractivity contribution in [3.05, 3.63) is 46.7 Å². The van der Waals surface area contributed by atoms with E-state index in [4.69, 9.17) is 17.3 Å². The van der Waals surface area contributed by atoms with Crippen molar-refractivity contribution in [1.82, 2.24) is 0 Å². The van der Waals surface area contributed by atoms with Gasteiger partial charge in [-0.1, -0.05) is 11.6 Å². The fraction of sp³-hybridized carbons (Fsp3) is 0.0714. The van der Waals surface area contributed by atoms with Crippen LogP contribution in [0.4, 0.5) is 27.1 Å². The van der Waals surface area contributed by atoms with Gasteiger partial charge in [0.05, 0.1) is 28.5 Å². The van der Waals surface area contributed by atoms with Crippen molar-refractivity contribution in [2.24, 2.45) is 0 Å². The van der Waals surface area contributed by atoms with Gasteiger partial charge in [-0.25, -0.2) is 4.39 Å². The zero-order chi connectivity index (χ0) is 14.3. The van der Waals surface area contributed by atoms with Crippen molar-refractivity contribution in [1.29, 1.82) is 0 Å². The third-order valence-corrected chi connectivity index (χ3v) is 3.43. The van der Waals surface area contributed by atoms with Crippen LogP contribution in [0.25, 0.3) is 0 Å². The molecular formula is C14H11ClFN3O. The molecule has 0 aliphatic carbocycles. The first-order chi connectivity index (χ1) is 9.52. The molecule has 2 aromatic rings. The Balaban J connectivity index is 1.97. The second kappa shape index (κ2) is 4.68. The van der Waals surface area contributed by atoms with Crippen LogP contribution < -0.4 is 16.4 Å². The highest BCUT2D eigenvalue weighted by molar-refractivity contribution is 6.33. The van der Waals surface area contributed by atoms with E-state index in [1.807, 2.05) is 0 Å². The van der Waals surface area contributed by atoms with E-state index in [0.717, 1.165) is 5.56 Å². The molecule has 0 aromatic heterocycles. The Labute approximate surface area is 119 Å². The average Bonchev–Trinajstić information content (AvgIpc) is 2.73. The predicted molar refractivity (Wildman–Crippen MR) is 77.9 cm³/mol. The molecule has 0 spiro atoms. The molecule has 6 heteroatoms. The van der Waals surface area contributed by atoms with E-state index >= 15 is 0 Å². The van der Waals surface area contributed by atoms with Crippen molar-refractivity contribution >= 4 is 40.3 Å². The Morgan fingerprint density at radius 3 is 2.85 bits per heavy atom. The minimum Gasteiger partial charge on any atom is -0.397 e. The normalized spacial score (nSPS) is 13.0. The lowest BCUT2D eigenvalue weighted by molar-refractivity contribution is -0.115. The quantitative estimate of drug-likeness (QED) is 0.744. The van der Waals surface area contributed by atoms with Crippen LogP contribution >= 0.6 is 11.6 Å². The van der Waals surface area contributed by atoms with Crippen LogP contribution in [0.5, 0.6) is 0 Å². The molecule has 0 radical (unpaired) electrons. The summed E-state index contributed by atoms with van der Waals surface area (Å²) in [5.41, 5.74) is 8.95. The number of nitrogens with one attached hydrogen (secondary N) is 2. The second-order valence-electron chi connectivity index (χ2n) is 4.57. The van der Waals surface area contributed by atoms with Crippen molar-refractivity contribution in [2.75, 3.05) is 16.4 Å². The number of carbonyl (C=O) groups is 1. The van der Waals surface area contributed by atoms with Crippen LogP contribution in [0.3, 0.4) is 0 Å². The number of amides is 1. The van der Waals surface area contributed by atoms with Crippen LogP contribution in [0, 0.1) is 5.82 Å². The van der Waals surface area contributed by atoms with Gasteiger partial charge in [0, 0.05) is 5.69 Å². The Bertz CT molecular complexity index is 718. The van der Waals surface area contributed by atoms with Gasteiger partial charge in [0.1, 0.15) is 5.82 Å². The summed E-state index contributed by atoms with van der Waals surface area (Å²) in [6.07, 6.45) is 0.320. The minimum atomic E-state index is -0.398. The summed E-state index contributed by atoms with van der Waals surface area (Å²) in [5.74, 6) is -0.467. The number of nitrogen functional groups attached to an aromatic ring is 1. The number of hydrogen-bond acceptors (Lipinski definition) is 3. The molecule has 4 nitrogen and oxygen atoms in total. The summed E-state index contributed by atoms with van der Waals surface area (Å²) in [6.45, 7) is 0. The molecule has 1 heterocycles. The van der Waals surface area contributed by atoms with Crippen LogP contribution in [-0.4, -0.2) is 5.91 Å². The zero-order valence-electron chi connectivity index (χ0n) is 10.3. The van der Waals surface area contributed by atoms with Crippen molar-refractivity contribution in [3.8, 4) is 0 Å². The Hall–Kier alpha value is -2.27. The highest BCUT2D eigenvalue weighted by Crippen LogP contribution is 2.34. The summed E-state index contributed by atoms with van der Waals surface area (Å²) >= 11 is 6.00. The maximum absolute atomic E-state index is 13.2. The summed E-state index contributed by atoms with van der Waals surface area (Å²) < 4.78 is 13.2. The number of anilines is 4. The molecule has 1 aliphatic heterocycles. The first-order valence-corrected chi connectivity index (χ1v) is 6.35. The van der Waals surface area contributed by atoms with Gasteiger partial charge in [-0.05, 0) is 35.9 Å². The van der Waals surface area contributed by atoms with Crippen LogP contribution in [0.2, 0.25) is 5.02 Å². The molecule has 102 valence electrons. The van der Waals surface area contributed by atoms with Gasteiger partial charge in [0.25, 0.3) is 0 Å². The predicted octanol–water partition coefficient (Wildman–Crippen LogP) is 3.30. The van der Waals surface area contributed by atoms with Gasteiger partial charge in [-0.2, -0.15) is 0 Å². The second-order valence-corrected chi connectivity index (χ2v) is 4.98. The lowest BCUT2D eigenvalue weighted by atomic mass is 10.1. The minimum absolute atomic E-state index is 0.0691. The number of carbonyl (C=O) groups excluding carboxylic acids is 1. The molecule has 20 heavy (non-hydrogen) atoms. The van der Waals surface area contributed by atoms with Crippen LogP contribution in [0.1, 0.15) is 5.56 Å². The summed E-state index contributed by atoms with van der Waals surface area (Å²) in [7, 11) is 0. The molecule has 0 atom stereocenters. The molecule has 4 N–H and O–H groups in total. The molecule has 0 bridgehead atoms. The molecule has 3 rings (SSSR count). The summed E-state index contributed by atoms with van der Waals surface area (Å²) in [5, 5.41) is 6.10. The fourth-order valence-electron chi connectivity index (χ4n) is 2.14. The zero-order valence-corrected chi connectivity index (χ0v) is 11.1. The van der Waals surface area contributed by atoms with Gasteiger partial charge < -0.3 is 16.4 Å². The third-order valence-electron chi connectivity index (χ3n) is 3.10. The maximum Gasteiger partial charge on any atom is 0.228 e. The van der Waals surface area contributed by atoms with E-state index in [2.05, 4.69) is 10.6 Å². The molecule has 2 aromatic carbocycles. The largest absolute Gasteiger partial charge is 0.397 e. The Kier molecular flexibility index (Phi) is 2.99. The number of benzene rings is 2. The van der Waals surface area contributed by atoms with Crippen molar-refractivity contribution in [2.45, 2.75) is 6.42 Å². The van der Waals surface area contributed by atoms with Crippen LogP contribution in [0.15, 0.2) is 30.3 Å². The molecule has 0 unspecified atom stereocenters. The SMILES string of the molecule is Nc1cc2c(cc1Nc1cc(F)ccc1Cl)NC(=O)C2. The summed E-state index contributed by atoms with van der Waals surface area (Å²) in [6, 6.07) is 7.47. The maximum atomic E-state index is 13.2. The van der Waals surface area contributed by atoms with Crippen LogP contribution in [-0.2, 0) is 11.2 Å². The van der Waals surface area contributed by atoms with Gasteiger partial charge in [0.15, 0.2) is 0 Å². The topological polar surface area (TPSA) is 67.2 Å². The van der Waals surface area contributed by atoms with E-state index in [1.54, 1.807) is 12.1 Å². The van der Waals surface area contributed by atoms with Gasteiger partial charge >= 0.3 is 0 Å². The van der Waals surface area contributed by atoms with E-state index in [-0.39, 0.29) is 5.91 Å². The van der Waals surface area contributed by atoms with Crippen molar-refractivity contribution < 1.29 is 9.18 Å². The van der Waals surface area contributed by atoms with Gasteiger partial charge in [0.2, 0.25) is 5.91 Å². The average molecular weight is 292 g/mol. The lowest BCUT2D eigenvalue weighted by Crippen LogP contribution is -2.03. The molecule has 0 saturated carbocycles. The van der Waals surface area contributed by atoms with E-state index < -0.39 is 5.82 Å². The highest BCUT2D eigenvalue weighted by Gasteiger charge is 2.19. The first kappa shape index (κ1) is 12.7. The van der Waals surface area contributed by atoms with E-state index in [0.29, 0.717) is 34.2 Å². The number of rotatable bonds is 2. The Morgan fingerprint density at radius 2 is 2.05 bits per heavy atom. The lowest BCUT2D eigenvalue weighted by Gasteiger charge is -2.12. The molecule has 0 saturated heterocycles. The molecular weight excluding hydrogens is 281 g/mol. The number of hydrogen-bond donors (Lipinski definition) is 3. The smallest absolute Gasteiger partial charge is 0.228 e. The number of halogens is 2. The highest BCUT2D eigenvalue weighted by atomic mass is 35.5. The standard InChI is InChI=1S/C14H11ClFN3O/c15-9-2-1-8(16)5-12(9)18-13-6-11-7(3-10(13)17)4-14(20)19-11/h1-3,5-6,18H,4,17H2,(H,19,20). The van der Waals surface area contributed by atoms with Gasteiger partial charge in [-0.15, -0.1) is 0 Å². The third kappa shape index (κ3) is 2.28. The molecule has 1 amide bonds. The first-order valence-electron chi connectivity index (χ1n) is 5.97.